The summed E-state index contributed by atoms with van der Waals surface area (Å²) in [4.78, 5) is 0.879. The molecule has 2 aromatic rings. The number of aryl methyl sites for hydroxylation is 2. The van der Waals surface area contributed by atoms with Gasteiger partial charge in [0.1, 0.15) is 0 Å². The highest BCUT2D eigenvalue weighted by Crippen LogP contribution is 2.23. The van der Waals surface area contributed by atoms with E-state index in [1.165, 1.54) is 0 Å². The highest BCUT2D eigenvalue weighted by Gasteiger charge is 2.11. The van der Waals surface area contributed by atoms with Crippen LogP contribution in [0.5, 0.6) is 0 Å². The molecule has 0 heterocycles. The van der Waals surface area contributed by atoms with Crippen molar-refractivity contribution in [3.63, 3.8) is 0 Å². The molecule has 4 heteroatoms. The van der Waals surface area contributed by atoms with Crippen LogP contribution in [0.4, 0.5) is 0 Å². The lowest BCUT2D eigenvalue weighted by atomic mass is 10.1. The molecule has 20 heavy (non-hydrogen) atoms. The van der Waals surface area contributed by atoms with E-state index in [2.05, 4.69) is 0 Å². The minimum Gasteiger partial charge on any atom is -0.326 e. The van der Waals surface area contributed by atoms with Crippen LogP contribution in [-0.4, -0.2) is 4.21 Å². The van der Waals surface area contributed by atoms with E-state index in [1.54, 1.807) is 0 Å². The van der Waals surface area contributed by atoms with Crippen molar-refractivity contribution in [1.82, 2.24) is 0 Å². The van der Waals surface area contributed by atoms with Crippen LogP contribution in [-0.2, 0) is 23.1 Å². The molecule has 0 saturated carbocycles. The predicted octanol–water partition coefficient (Wildman–Crippen LogP) is 3.72. The van der Waals surface area contributed by atoms with Crippen molar-refractivity contribution < 1.29 is 4.21 Å². The van der Waals surface area contributed by atoms with Gasteiger partial charge in [-0.05, 0) is 48.2 Å². The first-order valence-electron chi connectivity index (χ1n) is 6.44. The summed E-state index contributed by atoms with van der Waals surface area (Å²) in [5.74, 6) is 0.425. The summed E-state index contributed by atoms with van der Waals surface area (Å²) in [5, 5.41) is 0.631. The summed E-state index contributed by atoms with van der Waals surface area (Å²) in [6.45, 7) is 4.44. The smallest absolute Gasteiger partial charge is 0.0577 e. The molecule has 1 atom stereocenters. The van der Waals surface area contributed by atoms with Crippen LogP contribution < -0.4 is 5.73 Å². The standard InChI is InChI=1S/C16H18ClNOS/c1-11-3-4-12(2)16(7-11)20(19)10-14-6-5-13(9-18)8-15(14)17/h3-8H,9-10,18H2,1-2H3. The van der Waals surface area contributed by atoms with E-state index in [9.17, 15) is 4.21 Å². The van der Waals surface area contributed by atoms with Crippen molar-refractivity contribution in [1.29, 1.82) is 0 Å². The van der Waals surface area contributed by atoms with Crippen molar-refractivity contribution >= 4 is 22.4 Å². The molecule has 2 aromatic carbocycles. The zero-order valence-corrected chi connectivity index (χ0v) is 13.2. The molecule has 1 unspecified atom stereocenters. The highest BCUT2D eigenvalue weighted by atomic mass is 35.5. The lowest BCUT2D eigenvalue weighted by Gasteiger charge is -2.09. The van der Waals surface area contributed by atoms with Crippen LogP contribution in [0.15, 0.2) is 41.3 Å². The molecule has 0 spiro atoms. The molecule has 2 nitrogen and oxygen atoms in total. The second-order valence-corrected chi connectivity index (χ2v) is 6.72. The molecule has 0 fully saturated rings. The Balaban J connectivity index is 2.25. The molecule has 0 aliphatic rings. The van der Waals surface area contributed by atoms with E-state index in [0.29, 0.717) is 17.3 Å². The van der Waals surface area contributed by atoms with Crippen LogP contribution in [0.25, 0.3) is 0 Å². The Kier molecular flexibility index (Phi) is 4.97. The molecule has 106 valence electrons. The number of hydrogen-bond donors (Lipinski definition) is 1. The third-order valence-electron chi connectivity index (χ3n) is 3.23. The Morgan fingerprint density at radius 2 is 1.90 bits per heavy atom. The Hall–Kier alpha value is -1.16. The number of benzene rings is 2. The molecule has 0 aliphatic carbocycles. The molecule has 0 saturated heterocycles. The normalized spacial score (nSPS) is 12.4. The lowest BCUT2D eigenvalue weighted by molar-refractivity contribution is 0.682. The quantitative estimate of drug-likeness (QED) is 0.935. The summed E-state index contributed by atoms with van der Waals surface area (Å²) in [6, 6.07) is 11.7. The van der Waals surface area contributed by atoms with Gasteiger partial charge < -0.3 is 5.73 Å². The van der Waals surface area contributed by atoms with Gasteiger partial charge in [-0.2, -0.15) is 0 Å². The lowest BCUT2D eigenvalue weighted by Crippen LogP contribution is -2.01. The van der Waals surface area contributed by atoms with Crippen molar-refractivity contribution in [3.05, 3.63) is 63.7 Å². The van der Waals surface area contributed by atoms with Gasteiger partial charge in [-0.3, -0.25) is 4.21 Å². The van der Waals surface area contributed by atoms with Crippen molar-refractivity contribution in [2.45, 2.75) is 31.0 Å². The Bertz CT molecular complexity index is 655. The van der Waals surface area contributed by atoms with Crippen molar-refractivity contribution in [2.75, 3.05) is 0 Å². The first-order valence-corrected chi connectivity index (χ1v) is 8.14. The molecule has 0 aliphatic heterocycles. The topological polar surface area (TPSA) is 43.1 Å². The number of halogens is 1. The fourth-order valence-corrected chi connectivity index (χ4v) is 3.79. The molecule has 2 rings (SSSR count). The molecular formula is C16H18ClNOS. The molecular weight excluding hydrogens is 290 g/mol. The van der Waals surface area contributed by atoms with E-state index in [1.807, 2.05) is 50.2 Å². The summed E-state index contributed by atoms with van der Waals surface area (Å²) < 4.78 is 12.5. The highest BCUT2D eigenvalue weighted by molar-refractivity contribution is 7.84. The summed E-state index contributed by atoms with van der Waals surface area (Å²) in [7, 11) is -1.09. The minimum atomic E-state index is -1.09. The van der Waals surface area contributed by atoms with Gasteiger partial charge in [0.15, 0.2) is 0 Å². The van der Waals surface area contributed by atoms with Crippen LogP contribution in [0.3, 0.4) is 0 Å². The summed E-state index contributed by atoms with van der Waals surface area (Å²) in [6.07, 6.45) is 0. The fraction of sp³-hybridized carbons (Fsp3) is 0.250. The number of nitrogens with two attached hydrogens (primary N) is 1. The predicted molar refractivity (Wildman–Crippen MR) is 85.4 cm³/mol. The van der Waals surface area contributed by atoms with Gasteiger partial charge in [0.25, 0.3) is 0 Å². The second kappa shape index (κ2) is 6.53. The van der Waals surface area contributed by atoms with Crippen molar-refractivity contribution in [3.8, 4) is 0 Å². The molecule has 0 amide bonds. The van der Waals surface area contributed by atoms with Gasteiger partial charge in [0.2, 0.25) is 0 Å². The zero-order chi connectivity index (χ0) is 14.7. The molecule has 2 N–H and O–H groups in total. The first kappa shape index (κ1) is 15.2. The molecule has 0 aromatic heterocycles. The monoisotopic (exact) mass is 307 g/mol. The van der Waals surface area contributed by atoms with E-state index >= 15 is 0 Å². The Morgan fingerprint density at radius 3 is 2.55 bits per heavy atom. The Morgan fingerprint density at radius 1 is 1.15 bits per heavy atom. The molecule has 0 radical (unpaired) electrons. The van der Waals surface area contributed by atoms with Crippen LogP contribution in [0, 0.1) is 13.8 Å². The average molecular weight is 308 g/mol. The van der Waals surface area contributed by atoms with E-state index in [4.69, 9.17) is 17.3 Å². The molecule has 0 bridgehead atoms. The first-order chi connectivity index (χ1) is 9.51. The van der Waals surface area contributed by atoms with Crippen LogP contribution >= 0.6 is 11.6 Å². The number of hydrogen-bond acceptors (Lipinski definition) is 2. The maximum absolute atomic E-state index is 12.5. The average Bonchev–Trinajstić information content (AvgIpc) is 2.43. The summed E-state index contributed by atoms with van der Waals surface area (Å²) in [5.41, 5.74) is 9.61. The number of rotatable bonds is 4. The van der Waals surface area contributed by atoms with Crippen molar-refractivity contribution in [2.24, 2.45) is 5.73 Å². The van der Waals surface area contributed by atoms with Gasteiger partial charge in [0.05, 0.1) is 16.6 Å². The Labute approximate surface area is 127 Å². The SMILES string of the molecule is Cc1ccc(C)c(S(=O)Cc2ccc(CN)cc2Cl)c1. The maximum atomic E-state index is 12.5. The second-order valence-electron chi connectivity index (χ2n) is 4.89. The third-order valence-corrected chi connectivity index (χ3v) is 5.08. The van der Waals surface area contributed by atoms with E-state index < -0.39 is 10.8 Å². The van der Waals surface area contributed by atoms with Gasteiger partial charge in [-0.15, -0.1) is 0 Å². The maximum Gasteiger partial charge on any atom is 0.0577 e. The van der Waals surface area contributed by atoms with Gasteiger partial charge in [-0.1, -0.05) is 35.9 Å². The third kappa shape index (κ3) is 3.48. The van der Waals surface area contributed by atoms with Gasteiger partial charge in [0, 0.05) is 16.5 Å². The van der Waals surface area contributed by atoms with E-state index in [0.717, 1.165) is 27.1 Å². The largest absolute Gasteiger partial charge is 0.326 e. The van der Waals surface area contributed by atoms with Crippen LogP contribution in [0.1, 0.15) is 22.3 Å². The summed E-state index contributed by atoms with van der Waals surface area (Å²) >= 11 is 6.22. The van der Waals surface area contributed by atoms with Gasteiger partial charge in [-0.25, -0.2) is 0 Å². The fourth-order valence-electron chi connectivity index (χ4n) is 2.01. The zero-order valence-electron chi connectivity index (χ0n) is 11.7. The van der Waals surface area contributed by atoms with E-state index in [-0.39, 0.29) is 0 Å². The van der Waals surface area contributed by atoms with Crippen LogP contribution in [0.2, 0.25) is 5.02 Å². The minimum absolute atomic E-state index is 0.425. The van der Waals surface area contributed by atoms with Gasteiger partial charge >= 0.3 is 0 Å².